The molecule has 0 aliphatic heterocycles. The van der Waals surface area contributed by atoms with Crippen molar-refractivity contribution >= 4 is 32.9 Å². The minimum Gasteiger partial charge on any atom is -0.465 e. The molecule has 0 aliphatic rings. The number of nitrogens with one attached hydrogen (secondary N) is 2. The highest BCUT2D eigenvalue weighted by Crippen LogP contribution is 2.23. The van der Waals surface area contributed by atoms with E-state index in [0.717, 1.165) is 0 Å². The van der Waals surface area contributed by atoms with Gasteiger partial charge in [-0.25, -0.2) is 13.8 Å². The fourth-order valence-corrected chi connectivity index (χ4v) is 2.27. The van der Waals surface area contributed by atoms with Crippen LogP contribution in [0.5, 0.6) is 0 Å². The molecule has 0 spiro atoms. The molecule has 0 saturated carbocycles. The molecule has 0 aliphatic carbocycles. The maximum atomic E-state index is 11.2. The summed E-state index contributed by atoms with van der Waals surface area (Å²) >= 11 is 1.18. The van der Waals surface area contributed by atoms with E-state index in [0.29, 0.717) is 10.6 Å². The Hall–Kier alpha value is -1.08. The zero-order valence-electron chi connectivity index (χ0n) is 7.70. The minimum atomic E-state index is -2.86. The van der Waals surface area contributed by atoms with Gasteiger partial charge in [-0.05, 0) is 11.4 Å². The number of hydrogen-bond acceptors (Lipinski definition) is 5. The normalized spacial score (nSPS) is 14.4. The van der Waals surface area contributed by atoms with Crippen LogP contribution in [0.3, 0.4) is 0 Å². The Labute approximate surface area is 86.2 Å². The van der Waals surface area contributed by atoms with Gasteiger partial charge < -0.3 is 4.74 Å². The first-order valence-corrected chi connectivity index (χ1v) is 6.46. The number of carbonyl (C=O) groups is 1. The van der Waals surface area contributed by atoms with Crippen molar-refractivity contribution in [2.24, 2.45) is 0 Å². The molecule has 14 heavy (non-hydrogen) atoms. The van der Waals surface area contributed by atoms with Crippen molar-refractivity contribution < 1.29 is 13.7 Å². The fourth-order valence-electron chi connectivity index (χ4n) is 0.850. The Morgan fingerprint density at radius 3 is 2.86 bits per heavy atom. The molecule has 1 atom stereocenters. The van der Waals surface area contributed by atoms with Crippen LogP contribution in [0.2, 0.25) is 0 Å². The van der Waals surface area contributed by atoms with Gasteiger partial charge in [-0.1, -0.05) is 0 Å². The van der Waals surface area contributed by atoms with E-state index in [4.69, 9.17) is 4.78 Å². The topological polar surface area (TPSA) is 79.2 Å². The molecule has 1 aromatic rings. The maximum absolute atomic E-state index is 11.2. The monoisotopic (exact) mass is 234 g/mol. The Morgan fingerprint density at radius 2 is 2.36 bits per heavy atom. The molecule has 2 N–H and O–H groups in total. The largest absolute Gasteiger partial charge is 0.465 e. The molecule has 0 radical (unpaired) electrons. The predicted molar refractivity (Wildman–Crippen MR) is 56.1 cm³/mol. The fraction of sp³-hybridized carbons (Fsp3) is 0.286. The second-order valence-electron chi connectivity index (χ2n) is 2.60. The van der Waals surface area contributed by atoms with Gasteiger partial charge in [-0.15, -0.1) is 11.3 Å². The number of rotatable bonds is 3. The van der Waals surface area contributed by atoms with Gasteiger partial charge in [0, 0.05) is 6.26 Å². The number of hydrogen-bond donors (Lipinski definition) is 2. The summed E-state index contributed by atoms with van der Waals surface area (Å²) in [5.41, 5.74) is 0.379. The van der Waals surface area contributed by atoms with Gasteiger partial charge in [-0.3, -0.25) is 4.72 Å². The Balaban J connectivity index is 3.00. The molecular formula is C7H10N2O3S2. The van der Waals surface area contributed by atoms with Crippen molar-refractivity contribution in [3.63, 3.8) is 0 Å². The van der Waals surface area contributed by atoms with Crippen LogP contribution in [0.15, 0.2) is 11.4 Å². The lowest BCUT2D eigenvalue weighted by Gasteiger charge is -2.05. The molecule has 1 unspecified atom stereocenters. The van der Waals surface area contributed by atoms with Gasteiger partial charge in [0.25, 0.3) is 0 Å². The first kappa shape index (κ1) is 11.0. The predicted octanol–water partition coefficient (Wildman–Crippen LogP) is 1.54. The summed E-state index contributed by atoms with van der Waals surface area (Å²) < 4.78 is 25.3. The molecular weight excluding hydrogens is 224 g/mol. The molecule has 1 heterocycles. The van der Waals surface area contributed by atoms with E-state index in [2.05, 4.69) is 9.46 Å². The van der Waals surface area contributed by atoms with Gasteiger partial charge in [0.1, 0.15) is 14.8 Å². The van der Waals surface area contributed by atoms with E-state index in [1.54, 1.807) is 11.4 Å². The lowest BCUT2D eigenvalue weighted by atomic mass is 10.4. The highest BCUT2D eigenvalue weighted by Gasteiger charge is 2.14. The summed E-state index contributed by atoms with van der Waals surface area (Å²) in [5.74, 6) is -0.494. The van der Waals surface area contributed by atoms with E-state index < -0.39 is 15.9 Å². The molecule has 5 nitrogen and oxygen atoms in total. The summed E-state index contributed by atoms with van der Waals surface area (Å²) in [6.07, 6.45) is 1.24. The number of thiophene rings is 1. The van der Waals surface area contributed by atoms with Crippen LogP contribution in [0.4, 0.5) is 5.69 Å². The standard InChI is InChI=1S/C7H10N2O3S2/c1-12-7(10)6-5(3-4-13-6)9-14(2,8)11/h3-4H,1-2H3,(H2,8,9,11). The quantitative estimate of drug-likeness (QED) is 0.778. The zero-order valence-corrected chi connectivity index (χ0v) is 9.33. The summed E-state index contributed by atoms with van der Waals surface area (Å²) in [5, 5.41) is 1.67. The van der Waals surface area contributed by atoms with Crippen LogP contribution in [0.25, 0.3) is 0 Å². The molecule has 1 rings (SSSR count). The van der Waals surface area contributed by atoms with Crippen LogP contribution in [0.1, 0.15) is 9.67 Å². The van der Waals surface area contributed by atoms with Crippen LogP contribution < -0.4 is 4.72 Å². The van der Waals surface area contributed by atoms with Crippen LogP contribution in [0, 0.1) is 4.78 Å². The van der Waals surface area contributed by atoms with Gasteiger partial charge in [0.2, 0.25) is 0 Å². The Morgan fingerprint density at radius 1 is 1.71 bits per heavy atom. The zero-order chi connectivity index (χ0) is 10.8. The third-order valence-corrected chi connectivity index (χ3v) is 2.84. The number of anilines is 1. The smallest absolute Gasteiger partial charge is 0.350 e. The van der Waals surface area contributed by atoms with Gasteiger partial charge >= 0.3 is 5.97 Å². The first-order valence-electron chi connectivity index (χ1n) is 3.61. The van der Waals surface area contributed by atoms with E-state index in [9.17, 15) is 9.00 Å². The van der Waals surface area contributed by atoms with Crippen LogP contribution >= 0.6 is 11.3 Å². The van der Waals surface area contributed by atoms with Crippen molar-refractivity contribution in [1.29, 1.82) is 4.78 Å². The van der Waals surface area contributed by atoms with Crippen LogP contribution in [-0.2, 0) is 14.7 Å². The van der Waals surface area contributed by atoms with E-state index in [-0.39, 0.29) is 0 Å². The highest BCUT2D eigenvalue weighted by atomic mass is 32.2. The molecule has 78 valence electrons. The number of esters is 1. The third kappa shape index (κ3) is 2.71. The summed E-state index contributed by atoms with van der Waals surface area (Å²) in [6, 6.07) is 1.59. The van der Waals surface area contributed by atoms with Gasteiger partial charge in [0.15, 0.2) is 0 Å². The molecule has 0 saturated heterocycles. The van der Waals surface area contributed by atoms with Gasteiger partial charge in [0.05, 0.1) is 12.8 Å². The highest BCUT2D eigenvalue weighted by molar-refractivity contribution is 7.93. The summed E-state index contributed by atoms with van der Waals surface area (Å²) in [6.45, 7) is 0. The molecule has 0 aromatic carbocycles. The van der Waals surface area contributed by atoms with Crippen molar-refractivity contribution in [2.45, 2.75) is 0 Å². The van der Waals surface area contributed by atoms with Gasteiger partial charge in [-0.2, -0.15) is 0 Å². The molecule has 0 bridgehead atoms. The number of methoxy groups -OCH3 is 1. The van der Waals surface area contributed by atoms with E-state index >= 15 is 0 Å². The number of carbonyl (C=O) groups excluding carboxylic acids is 1. The summed E-state index contributed by atoms with van der Waals surface area (Å²) in [7, 11) is -1.59. The Bertz CT molecular complexity index is 436. The number of ether oxygens (including phenoxy) is 1. The average Bonchev–Trinajstić information content (AvgIpc) is 2.48. The molecule has 7 heteroatoms. The second-order valence-corrected chi connectivity index (χ2v) is 5.41. The second kappa shape index (κ2) is 3.97. The molecule has 1 aromatic heterocycles. The van der Waals surface area contributed by atoms with Crippen molar-refractivity contribution in [1.82, 2.24) is 0 Å². The van der Waals surface area contributed by atoms with E-state index in [1.807, 2.05) is 0 Å². The lowest BCUT2D eigenvalue weighted by Crippen LogP contribution is -2.10. The van der Waals surface area contributed by atoms with E-state index in [1.165, 1.54) is 24.7 Å². The van der Waals surface area contributed by atoms with Crippen molar-refractivity contribution in [2.75, 3.05) is 18.1 Å². The lowest BCUT2D eigenvalue weighted by molar-refractivity contribution is 0.0607. The Kier molecular flexibility index (Phi) is 3.12. The van der Waals surface area contributed by atoms with Crippen LogP contribution in [-0.4, -0.2) is 23.5 Å². The third-order valence-electron chi connectivity index (χ3n) is 1.34. The first-order chi connectivity index (χ1) is 6.44. The molecule has 0 amide bonds. The average molecular weight is 234 g/mol. The molecule has 0 fully saturated rings. The van der Waals surface area contributed by atoms with Crippen molar-refractivity contribution in [3.8, 4) is 0 Å². The SMILES string of the molecule is COC(=O)c1sccc1NS(C)(=N)=O. The van der Waals surface area contributed by atoms with Crippen molar-refractivity contribution in [3.05, 3.63) is 16.3 Å². The maximum Gasteiger partial charge on any atom is 0.350 e. The summed E-state index contributed by atoms with van der Waals surface area (Å²) in [4.78, 5) is 11.5. The minimum absolute atomic E-state index is 0.328.